The molecule has 2 aromatic heterocycles. The van der Waals surface area contributed by atoms with Crippen molar-refractivity contribution in [2.45, 2.75) is 6.92 Å². The van der Waals surface area contributed by atoms with Crippen LogP contribution in [0.3, 0.4) is 0 Å². The number of carboxylic acid groups (broad SMARTS) is 1. The summed E-state index contributed by atoms with van der Waals surface area (Å²) >= 11 is 0. The van der Waals surface area contributed by atoms with Gasteiger partial charge in [-0.3, -0.25) is 0 Å². The first-order valence-corrected chi connectivity index (χ1v) is 3.47. The number of fused-ring (bicyclic) bond motifs is 1. The Labute approximate surface area is 72.0 Å². The van der Waals surface area contributed by atoms with E-state index in [0.29, 0.717) is 11.5 Å². The smallest absolute Gasteiger partial charge is 0.339 e. The molecule has 0 fully saturated rings. The molecule has 0 spiro atoms. The van der Waals surface area contributed by atoms with E-state index in [0.717, 1.165) is 0 Å². The Morgan fingerprint density at radius 1 is 1.62 bits per heavy atom. The van der Waals surface area contributed by atoms with E-state index in [9.17, 15) is 4.79 Å². The van der Waals surface area contributed by atoms with E-state index in [2.05, 4.69) is 20.5 Å². The van der Waals surface area contributed by atoms with Crippen LogP contribution in [0.4, 0.5) is 0 Å². The van der Waals surface area contributed by atoms with Crippen LogP contribution in [0.15, 0.2) is 6.20 Å². The summed E-state index contributed by atoms with van der Waals surface area (Å²) in [5.74, 6) is -0.745. The van der Waals surface area contributed by atoms with Crippen molar-refractivity contribution in [1.82, 2.24) is 25.0 Å². The second-order valence-electron chi connectivity index (χ2n) is 2.45. The third kappa shape index (κ3) is 1.01. The number of aromatic nitrogens is 5. The summed E-state index contributed by atoms with van der Waals surface area (Å²) in [6.45, 7) is 1.62. The Bertz CT molecular complexity index is 477. The lowest BCUT2D eigenvalue weighted by molar-refractivity contribution is 0.0695. The van der Waals surface area contributed by atoms with Gasteiger partial charge in [0.05, 0.1) is 11.3 Å². The van der Waals surface area contributed by atoms with Crippen molar-refractivity contribution in [3.05, 3.63) is 17.5 Å². The minimum Gasteiger partial charge on any atom is -0.478 e. The molecule has 66 valence electrons. The van der Waals surface area contributed by atoms with E-state index in [1.54, 1.807) is 6.92 Å². The number of tetrazole rings is 1. The molecular weight excluding hydrogens is 174 g/mol. The zero-order chi connectivity index (χ0) is 9.42. The highest BCUT2D eigenvalue weighted by atomic mass is 16.4. The zero-order valence-corrected chi connectivity index (χ0v) is 6.67. The SMILES string of the molecule is Cc1c(C(=O)O)cnc2nnnn12. The molecule has 7 nitrogen and oxygen atoms in total. The molecule has 0 radical (unpaired) electrons. The molecule has 13 heavy (non-hydrogen) atoms. The monoisotopic (exact) mass is 179 g/mol. The maximum Gasteiger partial charge on any atom is 0.339 e. The van der Waals surface area contributed by atoms with E-state index in [-0.39, 0.29) is 5.56 Å². The Hall–Kier alpha value is -2.05. The fraction of sp³-hybridized carbons (Fsp3) is 0.167. The van der Waals surface area contributed by atoms with Crippen molar-refractivity contribution >= 4 is 11.7 Å². The normalized spacial score (nSPS) is 10.5. The standard InChI is InChI=1S/C6H5N5O2/c1-3-4(5(12)13)2-7-6-8-9-10-11(3)6/h2H,1H3,(H,12,13). The highest BCUT2D eigenvalue weighted by molar-refractivity contribution is 5.88. The Balaban J connectivity index is 2.80. The average molecular weight is 179 g/mol. The molecule has 2 heterocycles. The van der Waals surface area contributed by atoms with Crippen LogP contribution in [-0.4, -0.2) is 36.1 Å². The molecule has 0 atom stereocenters. The molecule has 0 saturated heterocycles. The molecule has 0 amide bonds. The third-order valence-corrected chi connectivity index (χ3v) is 1.70. The van der Waals surface area contributed by atoms with Crippen LogP contribution in [-0.2, 0) is 0 Å². The van der Waals surface area contributed by atoms with Crippen molar-refractivity contribution in [3.63, 3.8) is 0 Å². The highest BCUT2D eigenvalue weighted by Gasteiger charge is 2.12. The summed E-state index contributed by atoms with van der Waals surface area (Å²) in [5.41, 5.74) is 0.558. The summed E-state index contributed by atoms with van der Waals surface area (Å²) in [6.07, 6.45) is 1.24. The average Bonchev–Trinajstić information content (AvgIpc) is 2.52. The minimum absolute atomic E-state index is 0.0970. The van der Waals surface area contributed by atoms with Gasteiger partial charge in [0.25, 0.3) is 5.78 Å². The van der Waals surface area contributed by atoms with Gasteiger partial charge in [-0.25, -0.2) is 9.78 Å². The lowest BCUT2D eigenvalue weighted by Gasteiger charge is -1.99. The van der Waals surface area contributed by atoms with Crippen molar-refractivity contribution in [2.24, 2.45) is 0 Å². The summed E-state index contributed by atoms with van der Waals surface area (Å²) in [7, 11) is 0. The molecule has 2 rings (SSSR count). The van der Waals surface area contributed by atoms with E-state index >= 15 is 0 Å². The Morgan fingerprint density at radius 2 is 2.38 bits per heavy atom. The number of rotatable bonds is 1. The quantitative estimate of drug-likeness (QED) is 0.635. The number of carbonyl (C=O) groups is 1. The fourth-order valence-corrected chi connectivity index (χ4v) is 1.02. The van der Waals surface area contributed by atoms with Gasteiger partial charge in [-0.15, -0.1) is 0 Å². The largest absolute Gasteiger partial charge is 0.478 e. The number of aryl methyl sites for hydroxylation is 1. The van der Waals surface area contributed by atoms with Gasteiger partial charge < -0.3 is 5.11 Å². The Morgan fingerprint density at radius 3 is 3.08 bits per heavy atom. The second kappa shape index (κ2) is 2.47. The number of carboxylic acids is 1. The fourth-order valence-electron chi connectivity index (χ4n) is 1.02. The molecule has 0 bridgehead atoms. The van der Waals surface area contributed by atoms with Gasteiger partial charge in [0.15, 0.2) is 0 Å². The van der Waals surface area contributed by atoms with Crippen LogP contribution in [0.5, 0.6) is 0 Å². The summed E-state index contributed by atoms with van der Waals surface area (Å²) in [6, 6.07) is 0. The van der Waals surface area contributed by atoms with E-state index in [1.165, 1.54) is 10.7 Å². The first-order chi connectivity index (χ1) is 6.20. The molecule has 0 unspecified atom stereocenters. The van der Waals surface area contributed by atoms with Crippen molar-refractivity contribution < 1.29 is 9.90 Å². The molecule has 0 aliphatic heterocycles. The van der Waals surface area contributed by atoms with Gasteiger partial charge in [-0.05, 0) is 17.4 Å². The van der Waals surface area contributed by atoms with Crippen LogP contribution in [0, 0.1) is 6.92 Å². The van der Waals surface area contributed by atoms with Gasteiger partial charge >= 0.3 is 5.97 Å². The number of hydrogen-bond acceptors (Lipinski definition) is 5. The van der Waals surface area contributed by atoms with Crippen molar-refractivity contribution in [1.29, 1.82) is 0 Å². The topological polar surface area (TPSA) is 93.3 Å². The molecule has 1 N–H and O–H groups in total. The van der Waals surface area contributed by atoms with E-state index in [1.807, 2.05) is 0 Å². The molecular formula is C6H5N5O2. The first-order valence-electron chi connectivity index (χ1n) is 3.47. The second-order valence-corrected chi connectivity index (χ2v) is 2.45. The van der Waals surface area contributed by atoms with Gasteiger partial charge in [0, 0.05) is 6.20 Å². The first kappa shape index (κ1) is 7.59. The van der Waals surface area contributed by atoms with Gasteiger partial charge in [-0.2, -0.15) is 4.52 Å². The molecule has 0 saturated carbocycles. The van der Waals surface area contributed by atoms with E-state index < -0.39 is 5.97 Å². The van der Waals surface area contributed by atoms with Crippen LogP contribution in [0.1, 0.15) is 16.1 Å². The predicted molar refractivity (Wildman–Crippen MR) is 40.3 cm³/mol. The van der Waals surface area contributed by atoms with Gasteiger partial charge in [0.1, 0.15) is 0 Å². The van der Waals surface area contributed by atoms with Crippen LogP contribution in [0.25, 0.3) is 5.78 Å². The molecule has 0 aliphatic rings. The predicted octanol–water partition coefficient (Wildman–Crippen LogP) is -0.474. The minimum atomic E-state index is -1.04. The van der Waals surface area contributed by atoms with Gasteiger partial charge in [0.2, 0.25) is 0 Å². The van der Waals surface area contributed by atoms with Crippen molar-refractivity contribution in [3.8, 4) is 0 Å². The number of nitrogens with zero attached hydrogens (tertiary/aromatic N) is 5. The maximum atomic E-state index is 10.7. The summed E-state index contributed by atoms with van der Waals surface area (Å²) in [5, 5.41) is 19.3. The Kier molecular flexibility index (Phi) is 1.44. The lowest BCUT2D eigenvalue weighted by atomic mass is 10.2. The molecule has 2 aromatic rings. The molecule has 7 heteroatoms. The van der Waals surface area contributed by atoms with Gasteiger partial charge in [-0.1, -0.05) is 5.10 Å². The number of aromatic carboxylic acids is 1. The summed E-state index contributed by atoms with van der Waals surface area (Å²) < 4.78 is 1.28. The van der Waals surface area contributed by atoms with E-state index in [4.69, 9.17) is 5.11 Å². The van der Waals surface area contributed by atoms with Crippen LogP contribution < -0.4 is 0 Å². The number of hydrogen-bond donors (Lipinski definition) is 1. The molecule has 0 aromatic carbocycles. The maximum absolute atomic E-state index is 10.7. The van der Waals surface area contributed by atoms with Crippen LogP contribution >= 0.6 is 0 Å². The third-order valence-electron chi connectivity index (χ3n) is 1.70. The molecule has 0 aliphatic carbocycles. The highest BCUT2D eigenvalue weighted by Crippen LogP contribution is 2.05. The zero-order valence-electron chi connectivity index (χ0n) is 6.67. The lowest BCUT2D eigenvalue weighted by Crippen LogP contribution is -2.07. The van der Waals surface area contributed by atoms with Crippen LogP contribution in [0.2, 0.25) is 0 Å². The van der Waals surface area contributed by atoms with Crippen molar-refractivity contribution in [2.75, 3.05) is 0 Å². The summed E-state index contributed by atoms with van der Waals surface area (Å²) in [4.78, 5) is 14.4.